The molecule has 0 aromatic rings. The van der Waals surface area contributed by atoms with Crippen molar-refractivity contribution in [2.24, 2.45) is 5.92 Å². The Balaban J connectivity index is 0.00000168. The second-order valence-electron chi connectivity index (χ2n) is 10.2. The molecule has 0 aromatic heterocycles. The number of aliphatic carboxylic acids is 1. The molecule has 38 heavy (non-hydrogen) atoms. The van der Waals surface area contributed by atoms with E-state index in [1.165, 1.54) is 13.0 Å². The highest BCUT2D eigenvalue weighted by atomic mass is 35.5. The monoisotopic (exact) mass is 557 g/mol. The van der Waals surface area contributed by atoms with Crippen LogP contribution in [0.25, 0.3) is 0 Å². The number of rotatable bonds is 9. The number of amides is 1. The largest absolute Gasteiger partial charge is 0.481 e. The predicted octanol–water partition coefficient (Wildman–Crippen LogP) is 3.92. The fourth-order valence-electron chi connectivity index (χ4n) is 4.28. The Morgan fingerprint density at radius 2 is 1.87 bits per heavy atom. The van der Waals surface area contributed by atoms with Crippen LogP contribution < -0.4 is 5.32 Å². The van der Waals surface area contributed by atoms with Crippen molar-refractivity contribution >= 4 is 29.4 Å². The van der Waals surface area contributed by atoms with Gasteiger partial charge in [-0.25, -0.2) is 0 Å². The Kier molecular flexibility index (Phi) is 14.9. The van der Waals surface area contributed by atoms with Gasteiger partial charge in [0.25, 0.3) is 5.97 Å². The molecule has 1 amide bonds. The lowest BCUT2D eigenvalue weighted by molar-refractivity contribution is -0.143. The van der Waals surface area contributed by atoms with Gasteiger partial charge in [-0.05, 0) is 45.6 Å². The third-order valence-electron chi connectivity index (χ3n) is 6.39. The molecule has 216 valence electrons. The zero-order valence-electron chi connectivity index (χ0n) is 23.3. The van der Waals surface area contributed by atoms with Gasteiger partial charge in [-0.1, -0.05) is 30.7 Å². The van der Waals surface area contributed by atoms with E-state index in [9.17, 15) is 14.7 Å². The Labute approximate surface area is 231 Å². The van der Waals surface area contributed by atoms with Crippen LogP contribution in [0.3, 0.4) is 0 Å². The van der Waals surface area contributed by atoms with Crippen molar-refractivity contribution in [3.63, 3.8) is 0 Å². The van der Waals surface area contributed by atoms with E-state index in [0.717, 1.165) is 25.3 Å². The summed E-state index contributed by atoms with van der Waals surface area (Å²) in [6.07, 6.45) is 11.2. The van der Waals surface area contributed by atoms with Gasteiger partial charge < -0.3 is 29.7 Å². The van der Waals surface area contributed by atoms with Gasteiger partial charge in [-0.3, -0.25) is 14.4 Å². The van der Waals surface area contributed by atoms with Crippen molar-refractivity contribution in [3.05, 3.63) is 36.0 Å². The number of hydrogen-bond acceptors (Lipinski definition) is 7. The van der Waals surface area contributed by atoms with Crippen molar-refractivity contribution < 1.29 is 38.8 Å². The lowest BCUT2D eigenvalue weighted by atomic mass is 9.88. The van der Waals surface area contributed by atoms with E-state index in [-0.39, 0.29) is 48.0 Å². The van der Waals surface area contributed by atoms with Gasteiger partial charge in [0, 0.05) is 32.8 Å². The van der Waals surface area contributed by atoms with Gasteiger partial charge in [0.15, 0.2) is 0 Å². The van der Waals surface area contributed by atoms with Crippen LogP contribution in [0.4, 0.5) is 0 Å². The molecule has 0 aliphatic carbocycles. The van der Waals surface area contributed by atoms with Crippen LogP contribution in [0.15, 0.2) is 36.0 Å². The summed E-state index contributed by atoms with van der Waals surface area (Å²) in [6.45, 7) is 10.8. The smallest absolute Gasteiger partial charge is 0.303 e. The summed E-state index contributed by atoms with van der Waals surface area (Å²) in [6, 6.07) is -0.0819. The minimum atomic E-state index is -0.851. The zero-order chi connectivity index (χ0) is 28.9. The maximum atomic E-state index is 12.3. The van der Waals surface area contributed by atoms with Gasteiger partial charge in [0.1, 0.15) is 6.10 Å². The molecular formula is C28H44ClNO8. The number of nitrogens with one attached hydrogen (secondary N) is 1. The van der Waals surface area contributed by atoms with E-state index in [4.69, 9.17) is 35.7 Å². The molecule has 7 atom stereocenters. The van der Waals surface area contributed by atoms with Crippen molar-refractivity contribution in [3.8, 4) is 0 Å². The molecule has 10 heteroatoms. The zero-order valence-corrected chi connectivity index (χ0v) is 24.1. The average molecular weight is 558 g/mol. The van der Waals surface area contributed by atoms with Crippen molar-refractivity contribution in [1.29, 1.82) is 0 Å². The summed E-state index contributed by atoms with van der Waals surface area (Å²) in [4.78, 5) is 32.2. The summed E-state index contributed by atoms with van der Waals surface area (Å²) in [5.41, 5.74) is 0.255. The molecule has 0 aromatic carbocycles. The maximum absolute atomic E-state index is 12.3. The molecule has 9 nitrogen and oxygen atoms in total. The second kappa shape index (κ2) is 16.7. The first kappa shape index (κ1) is 33.8. The van der Waals surface area contributed by atoms with E-state index in [0.29, 0.717) is 19.4 Å². The number of carboxylic acids is 1. The fraction of sp³-hybridized carbons (Fsp3) is 0.679. The first-order chi connectivity index (χ1) is 17.7. The second-order valence-corrected chi connectivity index (χ2v) is 10.4. The van der Waals surface area contributed by atoms with Crippen LogP contribution in [0.5, 0.6) is 0 Å². The molecule has 0 spiro atoms. The molecule has 2 aliphatic heterocycles. The SMILES string of the molecule is CC(=O)O.CC(=O)OC(C)/C=C\C(=O)NC1CC(C)C(C/C=C(C)/C=C/C2CC(O)(CCl)CCO2)OC1C. The highest BCUT2D eigenvalue weighted by Crippen LogP contribution is 2.29. The van der Waals surface area contributed by atoms with Gasteiger partial charge in [-0.2, -0.15) is 0 Å². The minimum Gasteiger partial charge on any atom is -0.481 e. The average Bonchev–Trinajstić information content (AvgIpc) is 2.82. The quantitative estimate of drug-likeness (QED) is 0.168. The van der Waals surface area contributed by atoms with Crippen LogP contribution in [-0.4, -0.2) is 76.6 Å². The summed E-state index contributed by atoms with van der Waals surface area (Å²) in [5.74, 6) is -0.946. The van der Waals surface area contributed by atoms with Crippen molar-refractivity contribution in [2.75, 3.05) is 12.5 Å². The molecule has 3 N–H and O–H groups in total. The standard InChI is InChI=1S/C26H40ClNO6.C2H4O2/c1-17(6-9-22-15-26(31,16-27)12-13-32-22)7-10-24-18(2)14-23(20(4)34-24)28-25(30)11-8-19(3)33-21(5)29;1-2(3)4/h6-9,11,18-20,22-24,31H,10,12-16H2,1-5H3,(H,28,30);1H3,(H,3,4)/b9-6+,11-8-,17-7+;. The van der Waals surface area contributed by atoms with E-state index in [2.05, 4.69) is 18.3 Å². The lowest BCUT2D eigenvalue weighted by Crippen LogP contribution is -2.50. The third-order valence-corrected chi connectivity index (χ3v) is 6.89. The number of carboxylic acid groups (broad SMARTS) is 1. The Morgan fingerprint density at radius 3 is 2.47 bits per heavy atom. The lowest BCUT2D eigenvalue weighted by Gasteiger charge is -2.39. The van der Waals surface area contributed by atoms with Gasteiger partial charge >= 0.3 is 5.97 Å². The van der Waals surface area contributed by atoms with Gasteiger partial charge in [0.05, 0.1) is 42.4 Å². The molecule has 2 heterocycles. The number of aliphatic hydroxyl groups is 1. The Bertz CT molecular complexity index is 869. The third kappa shape index (κ3) is 13.6. The highest BCUT2D eigenvalue weighted by molar-refractivity contribution is 6.18. The minimum absolute atomic E-state index is 0.0679. The Hall–Kier alpha value is -2.20. The molecule has 2 fully saturated rings. The number of hydrogen-bond donors (Lipinski definition) is 3. The topological polar surface area (TPSA) is 131 Å². The molecule has 0 radical (unpaired) electrons. The molecule has 2 saturated heterocycles. The van der Waals surface area contributed by atoms with E-state index < -0.39 is 17.7 Å². The van der Waals surface area contributed by atoms with Crippen LogP contribution in [0.2, 0.25) is 0 Å². The fourth-order valence-corrected chi connectivity index (χ4v) is 4.52. The number of esters is 1. The van der Waals surface area contributed by atoms with E-state index in [1.54, 1.807) is 13.0 Å². The predicted molar refractivity (Wildman–Crippen MR) is 146 cm³/mol. The first-order valence-corrected chi connectivity index (χ1v) is 13.5. The molecule has 2 rings (SSSR count). The number of allylic oxidation sites excluding steroid dienone is 2. The van der Waals surface area contributed by atoms with Crippen molar-refractivity contribution in [2.45, 2.75) is 103 Å². The molecule has 0 bridgehead atoms. The van der Waals surface area contributed by atoms with Crippen LogP contribution >= 0.6 is 11.6 Å². The van der Waals surface area contributed by atoms with Crippen LogP contribution in [0, 0.1) is 5.92 Å². The number of carbonyl (C=O) groups excluding carboxylic acids is 2. The number of halogens is 1. The van der Waals surface area contributed by atoms with Crippen LogP contribution in [0.1, 0.15) is 67.2 Å². The number of carbonyl (C=O) groups is 3. The van der Waals surface area contributed by atoms with Gasteiger partial charge in [0.2, 0.25) is 5.91 Å². The summed E-state index contributed by atoms with van der Waals surface area (Å²) >= 11 is 5.90. The molecule has 0 saturated carbocycles. The van der Waals surface area contributed by atoms with E-state index >= 15 is 0 Å². The number of alkyl halides is 1. The molecule has 2 aliphatic rings. The Morgan fingerprint density at radius 1 is 1.21 bits per heavy atom. The van der Waals surface area contributed by atoms with Crippen molar-refractivity contribution in [1.82, 2.24) is 5.32 Å². The maximum Gasteiger partial charge on any atom is 0.303 e. The van der Waals surface area contributed by atoms with E-state index in [1.807, 2.05) is 26.0 Å². The molecule has 7 unspecified atom stereocenters. The molecular weight excluding hydrogens is 514 g/mol. The summed E-state index contributed by atoms with van der Waals surface area (Å²) in [5, 5.41) is 20.8. The number of ether oxygens (including phenoxy) is 3. The van der Waals surface area contributed by atoms with Crippen LogP contribution in [-0.2, 0) is 28.6 Å². The summed E-state index contributed by atoms with van der Waals surface area (Å²) in [7, 11) is 0. The van der Waals surface area contributed by atoms with Gasteiger partial charge in [-0.15, -0.1) is 11.6 Å². The first-order valence-electron chi connectivity index (χ1n) is 13.0. The normalized spacial score (nSPS) is 30.8. The highest BCUT2D eigenvalue weighted by Gasteiger charge is 2.34. The summed E-state index contributed by atoms with van der Waals surface area (Å²) < 4.78 is 16.9.